The zero-order valence-electron chi connectivity index (χ0n) is 28.0. The number of rotatable bonds is 20. The van der Waals surface area contributed by atoms with Crippen LogP contribution in [0.4, 0.5) is 0 Å². The van der Waals surface area contributed by atoms with Crippen LogP contribution in [0, 0.1) is 0 Å². The monoisotopic (exact) mass is 624 g/mol. The second-order valence-corrected chi connectivity index (χ2v) is 18.7. The summed E-state index contributed by atoms with van der Waals surface area (Å²) >= 11 is 0. The fourth-order valence-corrected chi connectivity index (χ4v) is 10.6. The molecule has 45 heavy (non-hydrogen) atoms. The molecule has 0 saturated carbocycles. The van der Waals surface area contributed by atoms with Crippen LogP contribution in [-0.4, -0.2) is 45.2 Å². The van der Waals surface area contributed by atoms with E-state index in [0.717, 1.165) is 50.3 Å². The van der Waals surface area contributed by atoms with Crippen molar-refractivity contribution < 1.29 is 13.7 Å². The van der Waals surface area contributed by atoms with Gasteiger partial charge in [-0.15, -0.1) is 0 Å². The maximum absolute atomic E-state index is 7.06. The van der Waals surface area contributed by atoms with Crippen LogP contribution < -0.4 is 0 Å². The van der Waals surface area contributed by atoms with Crippen LogP contribution in [0.25, 0.3) is 0 Å². The number of hydrogen-bond donors (Lipinski definition) is 0. The van der Waals surface area contributed by atoms with Gasteiger partial charge in [-0.05, 0) is 0 Å². The van der Waals surface area contributed by atoms with Crippen LogP contribution in [0.15, 0.2) is 121 Å². The SMILES string of the molecule is CCP(CC)(CC)(CC)OB(OCCCC(c1ccccc1)c1ccccc1)OCCCC(c1ccccc1)c1ccccc1. The molecule has 0 unspecified atom stereocenters. The van der Waals surface area contributed by atoms with Gasteiger partial charge in [-0.25, -0.2) is 0 Å². The van der Waals surface area contributed by atoms with Crippen molar-refractivity contribution >= 4 is 14.2 Å². The second kappa shape index (κ2) is 17.8. The van der Waals surface area contributed by atoms with E-state index in [-0.39, 0.29) is 0 Å². The molecule has 0 amide bonds. The molecule has 0 radical (unpaired) electrons. The van der Waals surface area contributed by atoms with Gasteiger partial charge in [-0.2, -0.15) is 0 Å². The number of benzene rings is 4. The topological polar surface area (TPSA) is 27.7 Å². The van der Waals surface area contributed by atoms with E-state index < -0.39 is 14.2 Å². The van der Waals surface area contributed by atoms with E-state index in [1.165, 1.54) is 22.3 Å². The van der Waals surface area contributed by atoms with Gasteiger partial charge in [-0.3, -0.25) is 0 Å². The Morgan fingerprint density at radius 3 is 1.02 bits per heavy atom. The Hall–Kier alpha value is -2.75. The molecule has 0 aromatic heterocycles. The van der Waals surface area contributed by atoms with Gasteiger partial charge in [0, 0.05) is 0 Å². The molecule has 0 aliphatic carbocycles. The molecule has 0 spiro atoms. The zero-order chi connectivity index (χ0) is 31.8. The third-order valence-electron chi connectivity index (χ3n) is 10.2. The molecule has 0 atom stereocenters. The van der Waals surface area contributed by atoms with Crippen molar-refractivity contribution in [3.63, 3.8) is 0 Å². The van der Waals surface area contributed by atoms with Crippen molar-refractivity contribution in [2.24, 2.45) is 0 Å². The van der Waals surface area contributed by atoms with Crippen molar-refractivity contribution in [2.45, 2.75) is 65.2 Å². The summed E-state index contributed by atoms with van der Waals surface area (Å²) in [7, 11) is -0.638. The van der Waals surface area contributed by atoms with Crippen molar-refractivity contribution in [1.29, 1.82) is 0 Å². The summed E-state index contributed by atoms with van der Waals surface area (Å²) in [5.41, 5.74) is 5.38. The summed E-state index contributed by atoms with van der Waals surface area (Å²) in [5, 5.41) is 0. The minimum absolute atomic E-state index is 0.334. The first kappa shape index (κ1) is 35.1. The first-order chi connectivity index (χ1) is 22.1. The van der Waals surface area contributed by atoms with Gasteiger partial charge in [0.2, 0.25) is 0 Å². The minimum atomic E-state index is -2.42. The van der Waals surface area contributed by atoms with E-state index in [4.69, 9.17) is 13.7 Å². The van der Waals surface area contributed by atoms with Crippen molar-refractivity contribution in [3.05, 3.63) is 144 Å². The molecular formula is C40H54BO3P. The molecule has 0 N–H and O–H groups in total. The van der Waals surface area contributed by atoms with Crippen LogP contribution in [0.2, 0.25) is 0 Å². The Labute approximate surface area is 273 Å². The summed E-state index contributed by atoms with van der Waals surface area (Å²) < 4.78 is 20.1. The molecule has 0 aliphatic heterocycles. The van der Waals surface area contributed by atoms with Crippen molar-refractivity contribution in [3.8, 4) is 0 Å². The van der Waals surface area contributed by atoms with E-state index in [2.05, 4.69) is 149 Å². The normalized spacial score (nSPS) is 12.7. The third-order valence-corrected chi connectivity index (χ3v) is 17.3. The van der Waals surface area contributed by atoms with Crippen LogP contribution >= 0.6 is 6.83 Å². The van der Waals surface area contributed by atoms with Crippen LogP contribution in [0.5, 0.6) is 0 Å². The summed E-state index contributed by atoms with van der Waals surface area (Å²) in [4.78, 5) is 0. The molecule has 4 rings (SSSR count). The zero-order valence-corrected chi connectivity index (χ0v) is 28.9. The predicted octanol–water partition coefficient (Wildman–Crippen LogP) is 10.8. The molecule has 0 bridgehead atoms. The van der Waals surface area contributed by atoms with E-state index in [1.54, 1.807) is 0 Å². The molecule has 0 heterocycles. The fraction of sp³-hybridized carbons (Fsp3) is 0.400. The summed E-state index contributed by atoms with van der Waals surface area (Å²) in [6.07, 6.45) is 8.05. The molecule has 4 aromatic rings. The van der Waals surface area contributed by atoms with E-state index in [0.29, 0.717) is 25.0 Å². The number of hydrogen-bond acceptors (Lipinski definition) is 3. The second-order valence-electron chi connectivity index (χ2n) is 12.3. The molecular weight excluding hydrogens is 570 g/mol. The Balaban J connectivity index is 1.42. The Kier molecular flexibility index (Phi) is 13.9. The molecule has 0 aliphatic rings. The third kappa shape index (κ3) is 9.63. The quantitative estimate of drug-likeness (QED) is 0.0556. The van der Waals surface area contributed by atoms with Crippen molar-refractivity contribution in [2.75, 3.05) is 37.9 Å². The first-order valence-corrected chi connectivity index (χ1v) is 20.1. The maximum atomic E-state index is 7.06. The van der Waals surface area contributed by atoms with Gasteiger partial charge in [0.05, 0.1) is 0 Å². The van der Waals surface area contributed by atoms with Gasteiger partial charge in [0.15, 0.2) is 0 Å². The average Bonchev–Trinajstić information content (AvgIpc) is 3.12. The van der Waals surface area contributed by atoms with Crippen molar-refractivity contribution in [1.82, 2.24) is 0 Å². The summed E-state index contributed by atoms with van der Waals surface area (Å²) in [5.74, 6) is 0.669. The Bertz CT molecular complexity index is 1160. The van der Waals surface area contributed by atoms with Crippen LogP contribution in [0.3, 0.4) is 0 Å². The Morgan fingerprint density at radius 2 is 0.756 bits per heavy atom. The first-order valence-electron chi connectivity index (χ1n) is 17.2. The van der Waals surface area contributed by atoms with Crippen LogP contribution in [-0.2, 0) is 13.7 Å². The molecule has 3 nitrogen and oxygen atoms in total. The molecule has 0 saturated heterocycles. The van der Waals surface area contributed by atoms with E-state index in [1.807, 2.05) is 0 Å². The molecule has 0 fully saturated rings. The molecule has 5 heteroatoms. The summed E-state index contributed by atoms with van der Waals surface area (Å²) in [6.45, 7) is 7.95. The van der Waals surface area contributed by atoms with E-state index >= 15 is 0 Å². The molecule has 4 aromatic carbocycles. The van der Waals surface area contributed by atoms with Gasteiger partial charge in [0.25, 0.3) is 0 Å². The standard InChI is InChI=1S/C40H54BO3P/c1-5-45(6-2,7-3,8-4)44-41(42-33-21-31-39(35-23-13-9-14-24-35)36-25-15-10-16-26-36)43-34-22-32-40(37-27-17-11-18-28-37)38-29-19-12-20-30-38/h9-20,23-30,39-40H,5-8,21-22,31-34H2,1-4H3. The average molecular weight is 625 g/mol. The van der Waals surface area contributed by atoms with E-state index in [9.17, 15) is 0 Å². The van der Waals surface area contributed by atoms with Crippen LogP contribution in [0.1, 0.15) is 87.5 Å². The Morgan fingerprint density at radius 1 is 0.467 bits per heavy atom. The molecule has 240 valence electrons. The summed E-state index contributed by atoms with van der Waals surface area (Å²) in [6, 6.07) is 43.3. The van der Waals surface area contributed by atoms with Gasteiger partial charge in [-0.1, -0.05) is 0 Å². The van der Waals surface area contributed by atoms with Gasteiger partial charge >= 0.3 is 275 Å². The predicted molar refractivity (Wildman–Crippen MR) is 196 cm³/mol. The van der Waals surface area contributed by atoms with Gasteiger partial charge in [0.1, 0.15) is 0 Å². The fourth-order valence-electron chi connectivity index (χ4n) is 6.72. The van der Waals surface area contributed by atoms with Gasteiger partial charge < -0.3 is 0 Å².